The number of alkyl halides is 1. The molecule has 0 aliphatic carbocycles. The minimum Gasteiger partial charge on any atom is -0.350 e. The van der Waals surface area contributed by atoms with Crippen molar-refractivity contribution >= 4 is 55.2 Å². The van der Waals surface area contributed by atoms with Crippen LogP contribution in [0.2, 0.25) is 0 Å². The number of aliphatic imine (C=N–C) groups is 1. The first-order valence-corrected chi connectivity index (χ1v) is 9.63. The van der Waals surface area contributed by atoms with Crippen molar-refractivity contribution in [3.8, 4) is 0 Å². The van der Waals surface area contributed by atoms with Crippen LogP contribution in [0.15, 0.2) is 4.99 Å². The lowest BCUT2D eigenvalue weighted by Crippen LogP contribution is -2.41. The molecule has 0 spiro atoms. The second-order valence-corrected chi connectivity index (χ2v) is 9.07. The first-order chi connectivity index (χ1) is 8.46. The van der Waals surface area contributed by atoms with Gasteiger partial charge in [0.05, 0.1) is 35.2 Å². The maximum absolute atomic E-state index is 11.7. The molecule has 1 fully saturated rings. The van der Waals surface area contributed by atoms with E-state index in [2.05, 4.69) is 10.3 Å². The molecule has 0 bridgehead atoms. The van der Waals surface area contributed by atoms with Crippen molar-refractivity contribution in [2.75, 3.05) is 29.6 Å². The molecule has 0 radical (unpaired) electrons. The Bertz CT molecular complexity index is 466. The van der Waals surface area contributed by atoms with Crippen molar-refractivity contribution in [2.45, 2.75) is 11.4 Å². The van der Waals surface area contributed by atoms with Gasteiger partial charge >= 0.3 is 0 Å². The number of halogens is 1. The molecule has 0 saturated carbocycles. The van der Waals surface area contributed by atoms with Gasteiger partial charge in [-0.25, -0.2) is 8.42 Å². The largest absolute Gasteiger partial charge is 0.350 e. The molecule has 0 aromatic carbocycles. The highest BCUT2D eigenvalue weighted by atomic mass is 35.5. The molecule has 102 valence electrons. The number of amides is 1. The van der Waals surface area contributed by atoms with E-state index < -0.39 is 21.3 Å². The summed E-state index contributed by atoms with van der Waals surface area (Å²) in [5, 5.41) is 2.15. The lowest BCUT2D eigenvalue weighted by Gasteiger charge is -2.13. The molecule has 0 unspecified atom stereocenters. The third-order valence-corrected chi connectivity index (χ3v) is 7.14. The Morgan fingerprint density at radius 3 is 2.89 bits per heavy atom. The highest BCUT2D eigenvalue weighted by Crippen LogP contribution is 2.22. The number of nitrogens with one attached hydrogen (secondary N) is 1. The second kappa shape index (κ2) is 6.02. The summed E-state index contributed by atoms with van der Waals surface area (Å²) >= 11 is 8.93. The predicted octanol–water partition coefficient (Wildman–Crippen LogP) is 0.343. The van der Waals surface area contributed by atoms with Crippen LogP contribution in [0.1, 0.15) is 0 Å². The molecule has 2 atom stereocenters. The quantitative estimate of drug-likeness (QED) is 0.756. The van der Waals surface area contributed by atoms with Gasteiger partial charge < -0.3 is 5.32 Å². The minimum atomic E-state index is -3.10. The van der Waals surface area contributed by atoms with Crippen molar-refractivity contribution in [3.05, 3.63) is 0 Å². The fourth-order valence-electron chi connectivity index (χ4n) is 1.72. The summed E-state index contributed by atoms with van der Waals surface area (Å²) in [4.78, 5) is 15.9. The normalized spacial score (nSPS) is 30.2. The van der Waals surface area contributed by atoms with Crippen LogP contribution < -0.4 is 5.32 Å². The Morgan fingerprint density at radius 1 is 1.56 bits per heavy atom. The van der Waals surface area contributed by atoms with Crippen LogP contribution in [0, 0.1) is 0 Å². The van der Waals surface area contributed by atoms with E-state index in [1.807, 2.05) is 0 Å². The van der Waals surface area contributed by atoms with Crippen molar-refractivity contribution in [1.29, 1.82) is 0 Å². The molecular formula is C9H13ClN2O3S3. The zero-order valence-electron chi connectivity index (χ0n) is 9.46. The monoisotopic (exact) mass is 328 g/mol. The molecule has 0 aromatic heterocycles. The summed E-state index contributed by atoms with van der Waals surface area (Å²) in [6.45, 7) is 0.805. The SMILES string of the molecule is O=C(CSC1=NCCS1)N[C@H]1CS(=O)(=O)C[C@H]1Cl. The van der Waals surface area contributed by atoms with E-state index >= 15 is 0 Å². The fourth-order valence-corrected chi connectivity index (χ4v) is 6.09. The van der Waals surface area contributed by atoms with Gasteiger partial charge in [0.25, 0.3) is 0 Å². The van der Waals surface area contributed by atoms with Crippen molar-refractivity contribution in [2.24, 2.45) is 4.99 Å². The van der Waals surface area contributed by atoms with Crippen LogP contribution in [0.25, 0.3) is 0 Å². The zero-order chi connectivity index (χ0) is 13.2. The third kappa shape index (κ3) is 4.04. The Kier molecular flexibility index (Phi) is 4.85. The summed E-state index contributed by atoms with van der Waals surface area (Å²) in [6.07, 6.45) is 0. The molecule has 0 aromatic rings. The number of rotatable bonds is 3. The van der Waals surface area contributed by atoms with E-state index in [4.69, 9.17) is 11.6 Å². The molecule has 2 rings (SSSR count). The maximum atomic E-state index is 11.7. The Morgan fingerprint density at radius 2 is 2.33 bits per heavy atom. The summed E-state index contributed by atoms with van der Waals surface area (Å²) in [6, 6.07) is -0.470. The minimum absolute atomic E-state index is 0.0603. The van der Waals surface area contributed by atoms with Gasteiger partial charge in [-0.3, -0.25) is 9.79 Å². The van der Waals surface area contributed by atoms with Gasteiger partial charge in [0.1, 0.15) is 4.38 Å². The molecular weight excluding hydrogens is 316 g/mol. The molecule has 2 aliphatic heterocycles. The molecule has 9 heteroatoms. The third-order valence-electron chi connectivity index (χ3n) is 2.51. The molecule has 1 saturated heterocycles. The fraction of sp³-hybridized carbons (Fsp3) is 0.778. The smallest absolute Gasteiger partial charge is 0.230 e. The van der Waals surface area contributed by atoms with Crippen LogP contribution in [0.3, 0.4) is 0 Å². The van der Waals surface area contributed by atoms with Crippen LogP contribution in [-0.4, -0.2) is 59.7 Å². The summed E-state index contributed by atoms with van der Waals surface area (Å²) in [5.41, 5.74) is 0. The number of carbonyl (C=O) groups excluding carboxylic acids is 1. The maximum Gasteiger partial charge on any atom is 0.230 e. The van der Waals surface area contributed by atoms with E-state index in [1.54, 1.807) is 11.8 Å². The molecule has 5 nitrogen and oxygen atoms in total. The van der Waals surface area contributed by atoms with Gasteiger partial charge in [0.2, 0.25) is 5.91 Å². The zero-order valence-corrected chi connectivity index (χ0v) is 12.7. The van der Waals surface area contributed by atoms with Gasteiger partial charge in [0.15, 0.2) is 9.84 Å². The lowest BCUT2D eigenvalue weighted by molar-refractivity contribution is -0.119. The number of nitrogens with zero attached hydrogens (tertiary/aromatic N) is 1. The van der Waals surface area contributed by atoms with E-state index in [9.17, 15) is 13.2 Å². The van der Waals surface area contributed by atoms with E-state index in [0.29, 0.717) is 0 Å². The van der Waals surface area contributed by atoms with Gasteiger partial charge in [-0.2, -0.15) is 0 Å². The Labute approximate surface area is 119 Å². The number of hydrogen-bond donors (Lipinski definition) is 1. The second-order valence-electron chi connectivity index (χ2n) is 4.05. The highest BCUT2D eigenvalue weighted by Gasteiger charge is 2.37. The highest BCUT2D eigenvalue weighted by molar-refractivity contribution is 8.39. The number of carbonyl (C=O) groups is 1. The number of thioether (sulfide) groups is 2. The van der Waals surface area contributed by atoms with E-state index in [1.165, 1.54) is 11.8 Å². The number of hydrogen-bond acceptors (Lipinski definition) is 6. The first-order valence-electron chi connectivity index (χ1n) is 5.40. The number of sulfone groups is 1. The van der Waals surface area contributed by atoms with Crippen molar-refractivity contribution < 1.29 is 13.2 Å². The molecule has 2 aliphatic rings. The average molecular weight is 329 g/mol. The van der Waals surface area contributed by atoms with Crippen LogP contribution in [0.5, 0.6) is 0 Å². The van der Waals surface area contributed by atoms with Crippen LogP contribution in [0.4, 0.5) is 0 Å². The Hall–Kier alpha value is 0.0800. The average Bonchev–Trinajstić information content (AvgIpc) is 2.84. The van der Waals surface area contributed by atoms with Crippen LogP contribution >= 0.6 is 35.1 Å². The van der Waals surface area contributed by atoms with Gasteiger partial charge in [0, 0.05) is 5.75 Å². The summed E-state index contributed by atoms with van der Waals surface area (Å²) in [7, 11) is -3.10. The van der Waals surface area contributed by atoms with Gasteiger partial charge in [-0.15, -0.1) is 11.6 Å². The van der Waals surface area contributed by atoms with E-state index in [-0.39, 0.29) is 23.2 Å². The Balaban J connectivity index is 1.77. The molecule has 18 heavy (non-hydrogen) atoms. The standard InChI is InChI=1S/C9H13ClN2O3S3/c10-6-4-18(14,15)5-7(6)12-8(13)3-17-9-11-1-2-16-9/h6-7H,1-5H2,(H,12,13)/t6-,7+/m1/s1. The van der Waals surface area contributed by atoms with Crippen molar-refractivity contribution in [3.63, 3.8) is 0 Å². The van der Waals surface area contributed by atoms with Gasteiger partial charge in [-0.1, -0.05) is 23.5 Å². The van der Waals surface area contributed by atoms with Gasteiger partial charge in [-0.05, 0) is 0 Å². The lowest BCUT2D eigenvalue weighted by atomic mass is 10.2. The first kappa shape index (κ1) is 14.5. The van der Waals surface area contributed by atoms with Crippen LogP contribution in [-0.2, 0) is 14.6 Å². The van der Waals surface area contributed by atoms with Crippen molar-refractivity contribution in [1.82, 2.24) is 5.32 Å². The summed E-state index contributed by atoms with van der Waals surface area (Å²) < 4.78 is 23.6. The molecule has 2 heterocycles. The van der Waals surface area contributed by atoms with E-state index in [0.717, 1.165) is 16.7 Å². The summed E-state index contributed by atoms with van der Waals surface area (Å²) in [5.74, 6) is 0.909. The molecule has 1 amide bonds. The molecule has 1 N–H and O–H groups in total. The predicted molar refractivity (Wildman–Crippen MR) is 77.4 cm³/mol. The topological polar surface area (TPSA) is 75.6 Å².